The molecule has 0 saturated carbocycles. The van der Waals surface area contributed by atoms with Crippen LogP contribution in [0.2, 0.25) is 0 Å². The monoisotopic (exact) mass is 363 g/mol. The zero-order valence-corrected chi connectivity index (χ0v) is 15.1. The molecule has 2 aromatic heterocycles. The first-order chi connectivity index (χ1) is 13.1. The Morgan fingerprint density at radius 2 is 2.11 bits per heavy atom. The number of carbonyl (C=O) groups excluding carboxylic acids is 1. The predicted octanol–water partition coefficient (Wildman–Crippen LogP) is 2.49. The number of benzene rings is 1. The number of pyridine rings is 2. The van der Waals surface area contributed by atoms with E-state index in [1.165, 1.54) is 0 Å². The highest BCUT2D eigenvalue weighted by molar-refractivity contribution is 5.79. The number of methoxy groups -OCH3 is 1. The third-order valence-corrected chi connectivity index (χ3v) is 5.13. The molecule has 1 amide bonds. The minimum Gasteiger partial charge on any atom is -0.497 e. The maximum Gasteiger partial charge on any atom is 0.257 e. The molecule has 1 unspecified atom stereocenters. The summed E-state index contributed by atoms with van der Waals surface area (Å²) >= 11 is 0. The molecule has 1 aliphatic rings. The van der Waals surface area contributed by atoms with Gasteiger partial charge in [-0.25, -0.2) is 0 Å². The van der Waals surface area contributed by atoms with Crippen molar-refractivity contribution in [3.05, 3.63) is 70.3 Å². The van der Waals surface area contributed by atoms with E-state index in [-0.39, 0.29) is 17.4 Å². The molecule has 1 aromatic carbocycles. The normalized spacial score (nSPS) is 16.6. The highest BCUT2D eigenvalue weighted by Gasteiger charge is 2.28. The minimum absolute atomic E-state index is 0.101. The van der Waals surface area contributed by atoms with Gasteiger partial charge in [0, 0.05) is 30.9 Å². The van der Waals surface area contributed by atoms with Crippen LogP contribution in [-0.2, 0) is 11.2 Å². The summed E-state index contributed by atoms with van der Waals surface area (Å²) < 4.78 is 5.15. The van der Waals surface area contributed by atoms with Crippen molar-refractivity contribution in [2.45, 2.75) is 18.8 Å². The van der Waals surface area contributed by atoms with Crippen LogP contribution >= 0.6 is 0 Å². The summed E-state index contributed by atoms with van der Waals surface area (Å²) in [6.45, 7) is 1.31. The second-order valence-electron chi connectivity index (χ2n) is 6.84. The standard InChI is InChI=1S/C21H21N3O3/c1-27-16-6-4-14(5-7-16)11-20(25)24-10-8-15(13-24)18-12-19-17(21(26)23-18)3-2-9-22-19/h2-7,9,12,15H,8,10-11,13H2,1H3,(H,23,26). The van der Waals surface area contributed by atoms with Crippen molar-refractivity contribution in [2.24, 2.45) is 0 Å². The highest BCUT2D eigenvalue weighted by Crippen LogP contribution is 2.27. The number of fused-ring (bicyclic) bond motifs is 1. The van der Waals surface area contributed by atoms with E-state index >= 15 is 0 Å². The number of ether oxygens (including phenoxy) is 1. The summed E-state index contributed by atoms with van der Waals surface area (Å²) in [6.07, 6.45) is 2.89. The van der Waals surface area contributed by atoms with Gasteiger partial charge < -0.3 is 14.6 Å². The van der Waals surface area contributed by atoms with Crippen LogP contribution in [0.1, 0.15) is 23.6 Å². The van der Waals surface area contributed by atoms with Gasteiger partial charge in [-0.05, 0) is 42.3 Å². The first-order valence-corrected chi connectivity index (χ1v) is 9.02. The Hall–Kier alpha value is -3.15. The van der Waals surface area contributed by atoms with Crippen molar-refractivity contribution in [3.63, 3.8) is 0 Å². The van der Waals surface area contributed by atoms with Crippen molar-refractivity contribution < 1.29 is 9.53 Å². The average molecular weight is 363 g/mol. The molecule has 1 N–H and O–H groups in total. The largest absolute Gasteiger partial charge is 0.497 e. The quantitative estimate of drug-likeness (QED) is 0.773. The van der Waals surface area contributed by atoms with E-state index in [1.807, 2.05) is 35.2 Å². The first kappa shape index (κ1) is 17.3. The molecule has 1 atom stereocenters. The Labute approximate surface area is 156 Å². The lowest BCUT2D eigenvalue weighted by atomic mass is 10.0. The number of carbonyl (C=O) groups is 1. The minimum atomic E-state index is -0.126. The van der Waals surface area contributed by atoms with Crippen LogP contribution in [0.5, 0.6) is 5.75 Å². The molecular weight excluding hydrogens is 342 g/mol. The lowest BCUT2D eigenvalue weighted by Gasteiger charge is -2.17. The van der Waals surface area contributed by atoms with E-state index in [9.17, 15) is 9.59 Å². The third kappa shape index (κ3) is 3.56. The van der Waals surface area contributed by atoms with Crippen LogP contribution in [0.4, 0.5) is 0 Å². The molecule has 0 spiro atoms. The lowest BCUT2D eigenvalue weighted by molar-refractivity contribution is -0.129. The number of nitrogens with zero attached hydrogens (tertiary/aromatic N) is 2. The van der Waals surface area contributed by atoms with Crippen molar-refractivity contribution in [2.75, 3.05) is 20.2 Å². The number of likely N-dealkylation sites (tertiary alicyclic amines) is 1. The van der Waals surface area contributed by atoms with E-state index < -0.39 is 0 Å². The second-order valence-corrected chi connectivity index (χ2v) is 6.84. The van der Waals surface area contributed by atoms with Gasteiger partial charge in [0.15, 0.2) is 0 Å². The van der Waals surface area contributed by atoms with Gasteiger partial charge in [0.1, 0.15) is 5.75 Å². The SMILES string of the molecule is COc1ccc(CC(=O)N2CCC(c3cc4ncccc4c(=O)[nH]3)C2)cc1. The van der Waals surface area contributed by atoms with Gasteiger partial charge in [-0.2, -0.15) is 0 Å². The van der Waals surface area contributed by atoms with Crippen LogP contribution in [0, 0.1) is 0 Å². The smallest absolute Gasteiger partial charge is 0.257 e. The first-order valence-electron chi connectivity index (χ1n) is 9.02. The zero-order valence-electron chi connectivity index (χ0n) is 15.1. The van der Waals surface area contributed by atoms with Gasteiger partial charge >= 0.3 is 0 Å². The Morgan fingerprint density at radius 3 is 2.89 bits per heavy atom. The summed E-state index contributed by atoms with van der Waals surface area (Å²) in [5.74, 6) is 1.01. The number of aromatic amines is 1. The molecule has 0 radical (unpaired) electrons. The zero-order chi connectivity index (χ0) is 18.8. The van der Waals surface area contributed by atoms with Crippen molar-refractivity contribution in [1.82, 2.24) is 14.9 Å². The van der Waals surface area contributed by atoms with Crippen LogP contribution in [-0.4, -0.2) is 41.0 Å². The highest BCUT2D eigenvalue weighted by atomic mass is 16.5. The van der Waals surface area contributed by atoms with Crippen molar-refractivity contribution in [3.8, 4) is 5.75 Å². The number of aromatic nitrogens is 2. The van der Waals surface area contributed by atoms with Crippen LogP contribution in [0.25, 0.3) is 10.9 Å². The van der Waals surface area contributed by atoms with Crippen molar-refractivity contribution in [1.29, 1.82) is 0 Å². The molecule has 0 aliphatic carbocycles. The maximum atomic E-state index is 12.6. The average Bonchev–Trinajstić information content (AvgIpc) is 3.19. The molecule has 1 saturated heterocycles. The van der Waals surface area contributed by atoms with Gasteiger partial charge in [-0.15, -0.1) is 0 Å². The molecule has 3 aromatic rings. The van der Waals surface area contributed by atoms with Crippen LogP contribution in [0.15, 0.2) is 53.5 Å². The number of nitrogens with one attached hydrogen (secondary N) is 1. The molecule has 0 bridgehead atoms. The van der Waals surface area contributed by atoms with Crippen LogP contribution < -0.4 is 10.3 Å². The van der Waals surface area contributed by atoms with Crippen LogP contribution in [0.3, 0.4) is 0 Å². The van der Waals surface area contributed by atoms with Gasteiger partial charge in [0.05, 0.1) is 24.4 Å². The van der Waals surface area contributed by atoms with E-state index in [2.05, 4.69) is 9.97 Å². The maximum absolute atomic E-state index is 12.6. The molecule has 6 nitrogen and oxygen atoms in total. The topological polar surface area (TPSA) is 75.3 Å². The van der Waals surface area contributed by atoms with E-state index in [4.69, 9.17) is 4.74 Å². The van der Waals surface area contributed by atoms with Gasteiger partial charge in [-0.1, -0.05) is 12.1 Å². The fourth-order valence-electron chi connectivity index (χ4n) is 3.60. The van der Waals surface area contributed by atoms with Gasteiger partial charge in [-0.3, -0.25) is 14.6 Å². The summed E-state index contributed by atoms with van der Waals surface area (Å²) in [6, 6.07) is 13.0. The van der Waals surface area contributed by atoms with E-state index in [0.29, 0.717) is 30.4 Å². The second kappa shape index (κ2) is 7.23. The third-order valence-electron chi connectivity index (χ3n) is 5.13. The lowest BCUT2D eigenvalue weighted by Crippen LogP contribution is -2.30. The summed E-state index contributed by atoms with van der Waals surface area (Å²) in [7, 11) is 1.62. The number of rotatable bonds is 4. The fraction of sp³-hybridized carbons (Fsp3) is 0.286. The molecule has 1 fully saturated rings. The Balaban J connectivity index is 1.46. The fourth-order valence-corrected chi connectivity index (χ4v) is 3.60. The number of H-pyrrole nitrogens is 1. The Kier molecular flexibility index (Phi) is 4.62. The number of hydrogen-bond donors (Lipinski definition) is 1. The molecule has 6 heteroatoms. The van der Waals surface area contributed by atoms with Gasteiger partial charge in [0.2, 0.25) is 5.91 Å². The predicted molar refractivity (Wildman–Crippen MR) is 103 cm³/mol. The molecular formula is C21H21N3O3. The summed E-state index contributed by atoms with van der Waals surface area (Å²) in [5.41, 5.74) is 2.39. The molecule has 27 heavy (non-hydrogen) atoms. The number of amides is 1. The molecule has 4 rings (SSSR count). The molecule has 1 aliphatic heterocycles. The summed E-state index contributed by atoms with van der Waals surface area (Å²) in [4.78, 5) is 34.0. The Bertz CT molecular complexity index is 1030. The van der Waals surface area contributed by atoms with Crippen molar-refractivity contribution >= 4 is 16.8 Å². The molecule has 138 valence electrons. The van der Waals surface area contributed by atoms with E-state index in [0.717, 1.165) is 23.4 Å². The Morgan fingerprint density at radius 1 is 1.30 bits per heavy atom. The molecule has 3 heterocycles. The van der Waals surface area contributed by atoms with Gasteiger partial charge in [0.25, 0.3) is 5.56 Å². The number of hydrogen-bond acceptors (Lipinski definition) is 4. The summed E-state index contributed by atoms with van der Waals surface area (Å²) in [5, 5.41) is 0.590. The van der Waals surface area contributed by atoms with E-state index in [1.54, 1.807) is 25.4 Å².